The third-order valence-corrected chi connectivity index (χ3v) is 8.04. The van der Waals surface area contributed by atoms with Crippen LogP contribution in [0.3, 0.4) is 0 Å². The number of halogens is 4. The van der Waals surface area contributed by atoms with E-state index in [2.05, 4.69) is 21.8 Å². The van der Waals surface area contributed by atoms with E-state index in [1.165, 1.54) is 11.3 Å². The summed E-state index contributed by atoms with van der Waals surface area (Å²) in [5, 5.41) is 19.6. The number of fused-ring (bicyclic) bond motifs is 2. The minimum atomic E-state index is -4.59. The molecule has 35 heavy (non-hydrogen) atoms. The first-order chi connectivity index (χ1) is 16.8. The summed E-state index contributed by atoms with van der Waals surface area (Å²) in [7, 11) is 0. The maximum Gasteiger partial charge on any atom is 0.410 e. The fourth-order valence-electron chi connectivity index (χ4n) is 4.75. The highest BCUT2D eigenvalue weighted by Crippen LogP contribution is 2.46. The van der Waals surface area contributed by atoms with Crippen LogP contribution in [-0.2, 0) is 12.8 Å². The van der Waals surface area contributed by atoms with Gasteiger partial charge in [0.25, 0.3) is 5.91 Å². The second kappa shape index (κ2) is 9.21. The molecule has 1 aromatic carbocycles. The summed E-state index contributed by atoms with van der Waals surface area (Å²) < 4.78 is 42.7. The molecule has 6 nitrogen and oxygen atoms in total. The molecule has 3 aromatic rings. The fraction of sp³-hybridized carbons (Fsp3) is 0.375. The molecule has 0 unspecified atom stereocenters. The van der Waals surface area contributed by atoms with Crippen LogP contribution in [0.25, 0.3) is 0 Å². The van der Waals surface area contributed by atoms with Gasteiger partial charge in [-0.05, 0) is 36.8 Å². The third-order valence-electron chi connectivity index (χ3n) is 6.47. The van der Waals surface area contributed by atoms with Gasteiger partial charge < -0.3 is 10.6 Å². The van der Waals surface area contributed by atoms with Crippen molar-refractivity contribution < 1.29 is 18.0 Å². The summed E-state index contributed by atoms with van der Waals surface area (Å²) in [6.45, 7) is 0. The zero-order valence-corrected chi connectivity index (χ0v) is 20.0. The van der Waals surface area contributed by atoms with Gasteiger partial charge in [0, 0.05) is 11.3 Å². The number of nitrogens with zero attached hydrogens (tertiary/aromatic N) is 3. The predicted octanol–water partition coefficient (Wildman–Crippen LogP) is 6.65. The van der Waals surface area contributed by atoms with Crippen molar-refractivity contribution in [3.63, 3.8) is 0 Å². The summed E-state index contributed by atoms with van der Waals surface area (Å²) in [5.74, 6) is -0.800. The molecule has 5 rings (SSSR count). The highest BCUT2D eigenvalue weighted by Gasteiger charge is 2.48. The lowest BCUT2D eigenvalue weighted by Crippen LogP contribution is -2.35. The fourth-order valence-corrected chi connectivity index (χ4v) is 6.25. The topological polar surface area (TPSA) is 82.7 Å². The Labute approximate surface area is 208 Å². The summed E-state index contributed by atoms with van der Waals surface area (Å²) in [6, 6.07) is 8.34. The molecule has 0 saturated heterocycles. The number of rotatable bonds is 3. The molecular weight excluding hydrogens is 499 g/mol. The number of nitrogens with one attached hydrogen (secondary N) is 2. The molecule has 3 heterocycles. The van der Waals surface area contributed by atoms with E-state index in [0.717, 1.165) is 47.2 Å². The van der Waals surface area contributed by atoms with Gasteiger partial charge in [0.1, 0.15) is 21.9 Å². The van der Waals surface area contributed by atoms with Crippen molar-refractivity contribution in [2.45, 2.75) is 56.8 Å². The van der Waals surface area contributed by atoms with Crippen molar-refractivity contribution in [1.29, 1.82) is 5.26 Å². The van der Waals surface area contributed by atoms with Gasteiger partial charge in [-0.2, -0.15) is 23.5 Å². The number of aryl methyl sites for hydroxylation is 1. The van der Waals surface area contributed by atoms with Crippen molar-refractivity contribution in [2.24, 2.45) is 0 Å². The number of nitriles is 1. The molecule has 0 spiro atoms. The lowest BCUT2D eigenvalue weighted by molar-refractivity contribution is -0.173. The van der Waals surface area contributed by atoms with E-state index < -0.39 is 24.2 Å². The van der Waals surface area contributed by atoms with Crippen molar-refractivity contribution in [3.8, 4) is 6.07 Å². The first-order valence-corrected chi connectivity index (χ1v) is 12.5. The molecular formula is C24H21ClF3N5OS. The predicted molar refractivity (Wildman–Crippen MR) is 128 cm³/mol. The van der Waals surface area contributed by atoms with Gasteiger partial charge in [0.2, 0.25) is 0 Å². The van der Waals surface area contributed by atoms with Crippen LogP contribution in [0.1, 0.15) is 69.8 Å². The minimum absolute atomic E-state index is 0.0540. The molecule has 2 aromatic heterocycles. The summed E-state index contributed by atoms with van der Waals surface area (Å²) >= 11 is 7.77. The first-order valence-electron chi connectivity index (χ1n) is 11.3. The quantitative estimate of drug-likeness (QED) is 0.379. The van der Waals surface area contributed by atoms with Crippen LogP contribution in [0, 0.1) is 11.3 Å². The van der Waals surface area contributed by atoms with E-state index in [1.54, 1.807) is 30.3 Å². The number of amides is 1. The van der Waals surface area contributed by atoms with Crippen LogP contribution in [0.15, 0.2) is 30.3 Å². The van der Waals surface area contributed by atoms with Crippen LogP contribution in [-0.4, -0.2) is 21.9 Å². The van der Waals surface area contributed by atoms with Gasteiger partial charge in [0.15, 0.2) is 11.7 Å². The SMILES string of the molecule is N#Cc1c(NC(=O)c2nn3c(c2Cl)N[C@@H](c2ccccc2)C[C@@H]3C(F)(F)F)sc2c1CCCCC2. The van der Waals surface area contributed by atoms with Gasteiger partial charge in [-0.3, -0.25) is 4.79 Å². The molecule has 0 saturated carbocycles. The Morgan fingerprint density at radius 2 is 1.97 bits per heavy atom. The average molecular weight is 520 g/mol. The zero-order valence-electron chi connectivity index (χ0n) is 18.5. The van der Waals surface area contributed by atoms with Gasteiger partial charge in [-0.15, -0.1) is 11.3 Å². The lowest BCUT2D eigenvalue weighted by atomic mass is 9.97. The van der Waals surface area contributed by atoms with Crippen molar-refractivity contribution in [3.05, 3.63) is 62.6 Å². The van der Waals surface area contributed by atoms with Gasteiger partial charge in [-0.25, -0.2) is 4.68 Å². The van der Waals surface area contributed by atoms with Gasteiger partial charge in [0.05, 0.1) is 11.6 Å². The molecule has 2 aliphatic rings. The number of benzene rings is 1. The van der Waals surface area contributed by atoms with Crippen LogP contribution >= 0.6 is 22.9 Å². The monoisotopic (exact) mass is 519 g/mol. The van der Waals surface area contributed by atoms with Crippen LogP contribution in [0.4, 0.5) is 24.0 Å². The number of carbonyl (C=O) groups excluding carboxylic acids is 1. The summed E-state index contributed by atoms with van der Waals surface area (Å²) in [6.07, 6.45) is -0.218. The normalized spacial score (nSPS) is 19.6. The minimum Gasteiger partial charge on any atom is -0.362 e. The molecule has 0 radical (unpaired) electrons. The number of anilines is 2. The van der Waals surface area contributed by atoms with E-state index in [-0.39, 0.29) is 23.0 Å². The van der Waals surface area contributed by atoms with E-state index in [9.17, 15) is 23.2 Å². The highest BCUT2D eigenvalue weighted by molar-refractivity contribution is 7.16. The summed E-state index contributed by atoms with van der Waals surface area (Å²) in [5.41, 5.74) is 1.72. The molecule has 0 fully saturated rings. The number of alkyl halides is 3. The van der Waals surface area contributed by atoms with Gasteiger partial charge in [-0.1, -0.05) is 48.4 Å². The molecule has 182 valence electrons. The second-order valence-corrected chi connectivity index (χ2v) is 10.2. The molecule has 1 aliphatic heterocycles. The van der Waals surface area contributed by atoms with Crippen LogP contribution < -0.4 is 10.6 Å². The Morgan fingerprint density at radius 3 is 2.69 bits per heavy atom. The Bertz CT molecular complexity index is 1310. The maximum atomic E-state index is 14.0. The number of hydrogen-bond acceptors (Lipinski definition) is 5. The van der Waals surface area contributed by atoms with Crippen molar-refractivity contribution in [2.75, 3.05) is 10.6 Å². The van der Waals surface area contributed by atoms with E-state index in [4.69, 9.17) is 11.6 Å². The Hall–Kier alpha value is -3.03. The molecule has 2 N–H and O–H groups in total. The van der Waals surface area contributed by atoms with Crippen LogP contribution in [0.2, 0.25) is 5.02 Å². The molecule has 0 bridgehead atoms. The lowest BCUT2D eigenvalue weighted by Gasteiger charge is -2.33. The van der Waals surface area contributed by atoms with Gasteiger partial charge >= 0.3 is 6.18 Å². The zero-order chi connectivity index (χ0) is 24.7. The summed E-state index contributed by atoms with van der Waals surface area (Å²) in [4.78, 5) is 14.2. The Kier molecular flexibility index (Phi) is 6.23. The van der Waals surface area contributed by atoms with Crippen molar-refractivity contribution >= 4 is 39.7 Å². The Morgan fingerprint density at radius 1 is 1.23 bits per heavy atom. The van der Waals surface area contributed by atoms with Crippen molar-refractivity contribution in [1.82, 2.24) is 9.78 Å². The van der Waals surface area contributed by atoms with E-state index in [1.807, 2.05) is 0 Å². The first kappa shape index (κ1) is 23.7. The standard InChI is InChI=1S/C24H21ClF3N5OS/c25-19-20(22(34)31-23-15(12-29)14-9-5-2-6-10-17(14)35-23)32-33-18(24(26,27)28)11-16(30-21(19)33)13-7-3-1-4-8-13/h1,3-4,7-8,16,18,30H,2,5-6,9-11H2,(H,31,34)/t16-,18-/m1/s1. The number of aromatic nitrogens is 2. The maximum absolute atomic E-state index is 14.0. The van der Waals surface area contributed by atoms with E-state index in [0.29, 0.717) is 16.1 Å². The largest absolute Gasteiger partial charge is 0.410 e. The number of carbonyl (C=O) groups is 1. The third kappa shape index (κ3) is 4.39. The smallest absolute Gasteiger partial charge is 0.362 e. The molecule has 2 atom stereocenters. The highest BCUT2D eigenvalue weighted by atomic mass is 35.5. The molecule has 11 heteroatoms. The molecule has 1 aliphatic carbocycles. The Balaban J connectivity index is 1.49. The number of hydrogen-bond donors (Lipinski definition) is 2. The average Bonchev–Trinajstić information content (AvgIpc) is 3.24. The van der Waals surface area contributed by atoms with E-state index >= 15 is 0 Å². The van der Waals surface area contributed by atoms with Crippen LogP contribution in [0.5, 0.6) is 0 Å². The second-order valence-electron chi connectivity index (χ2n) is 8.69. The number of thiophene rings is 1. The molecule has 1 amide bonds.